The van der Waals surface area contributed by atoms with Crippen LogP contribution >= 0.6 is 0 Å². The van der Waals surface area contributed by atoms with E-state index in [0.29, 0.717) is 17.5 Å². The van der Waals surface area contributed by atoms with Gasteiger partial charge < -0.3 is 4.57 Å². The molecule has 0 bridgehead atoms. The fraction of sp³-hybridized carbons (Fsp3) is 0.0167. The first-order chi connectivity index (χ1) is 31.8. The van der Waals surface area contributed by atoms with Crippen molar-refractivity contribution in [3.05, 3.63) is 241 Å². The van der Waals surface area contributed by atoms with Gasteiger partial charge in [0.25, 0.3) is 0 Å². The van der Waals surface area contributed by atoms with Gasteiger partial charge in [0.05, 0.1) is 16.4 Å². The van der Waals surface area contributed by atoms with E-state index in [0.717, 1.165) is 38.8 Å². The van der Waals surface area contributed by atoms with Crippen LogP contribution in [0.1, 0.15) is 22.3 Å². The molecule has 0 N–H and O–H groups in total. The maximum atomic E-state index is 5.54. The van der Waals surface area contributed by atoms with E-state index in [2.05, 4.69) is 217 Å². The van der Waals surface area contributed by atoms with Gasteiger partial charge in [-0.15, -0.1) is 0 Å². The number of para-hydroxylation sites is 2. The third-order valence-corrected chi connectivity index (χ3v) is 13.8. The van der Waals surface area contributed by atoms with Gasteiger partial charge in [-0.2, -0.15) is 0 Å². The molecule has 0 atom stereocenters. The van der Waals surface area contributed by atoms with Crippen molar-refractivity contribution in [3.8, 4) is 62.1 Å². The van der Waals surface area contributed by atoms with Gasteiger partial charge in [0.2, 0.25) is 0 Å². The summed E-state index contributed by atoms with van der Waals surface area (Å²) < 4.78 is 2.34. The molecule has 2 heterocycles. The van der Waals surface area contributed by atoms with Crippen molar-refractivity contribution in [1.29, 1.82) is 0 Å². The zero-order valence-electron chi connectivity index (χ0n) is 34.6. The fourth-order valence-electron chi connectivity index (χ4n) is 11.3. The number of benzene rings is 10. The molecule has 2 aliphatic carbocycles. The summed E-state index contributed by atoms with van der Waals surface area (Å²) in [5.74, 6) is 1.92. The van der Waals surface area contributed by atoms with Gasteiger partial charge in [0.15, 0.2) is 17.5 Å². The van der Waals surface area contributed by atoms with Gasteiger partial charge in [-0.25, -0.2) is 15.0 Å². The summed E-state index contributed by atoms with van der Waals surface area (Å²) in [5.41, 5.74) is 15.7. The zero-order chi connectivity index (χ0) is 41.9. The van der Waals surface area contributed by atoms with Crippen LogP contribution in [-0.4, -0.2) is 19.5 Å². The van der Waals surface area contributed by atoms with Crippen LogP contribution in [0.5, 0.6) is 0 Å². The van der Waals surface area contributed by atoms with Crippen LogP contribution in [0.4, 0.5) is 0 Å². The monoisotopic (exact) mass is 812 g/mol. The topological polar surface area (TPSA) is 43.6 Å². The summed E-state index contributed by atoms with van der Waals surface area (Å²) in [7, 11) is 0. The highest BCUT2D eigenvalue weighted by molar-refractivity contribution is 6.18. The Hall–Kier alpha value is -8.47. The van der Waals surface area contributed by atoms with E-state index in [1.54, 1.807) is 0 Å². The maximum absolute atomic E-state index is 5.54. The second-order valence-electron chi connectivity index (χ2n) is 17.0. The van der Waals surface area contributed by atoms with E-state index in [1.165, 1.54) is 71.4 Å². The molecule has 0 saturated carbocycles. The van der Waals surface area contributed by atoms with Crippen molar-refractivity contribution < 1.29 is 0 Å². The molecule has 0 saturated heterocycles. The first-order valence-corrected chi connectivity index (χ1v) is 21.9. The quantitative estimate of drug-likeness (QED) is 0.166. The predicted molar refractivity (Wildman–Crippen MR) is 262 cm³/mol. The number of fused-ring (bicyclic) bond motifs is 17. The standard InChI is InChI=1S/C60H36N4/c1-3-17-39(18-4-1)57-61-58(40-33-35-53-48(36-40)45-24-11-14-29-52(45)64(53)41-19-5-2-6-20-41)63-59(62-57)47-26-15-25-46-55-51(34-32-38-31-30-37-16-7-8-21-42(37)54(38)55)60(56(46)47)49-27-12-9-22-43(49)44-23-10-13-28-50(44)60/h1-36H. The van der Waals surface area contributed by atoms with Crippen LogP contribution in [0, 0.1) is 0 Å². The van der Waals surface area contributed by atoms with Crippen molar-refractivity contribution in [2.45, 2.75) is 5.41 Å². The molecule has 4 nitrogen and oxygen atoms in total. The molecule has 0 fully saturated rings. The number of hydrogen-bond acceptors (Lipinski definition) is 3. The van der Waals surface area contributed by atoms with Crippen molar-refractivity contribution in [3.63, 3.8) is 0 Å². The summed E-state index contributed by atoms with van der Waals surface area (Å²) in [6.07, 6.45) is 0. The van der Waals surface area contributed by atoms with Crippen molar-refractivity contribution in [2.24, 2.45) is 0 Å². The van der Waals surface area contributed by atoms with Crippen LogP contribution in [0.2, 0.25) is 0 Å². The van der Waals surface area contributed by atoms with Gasteiger partial charge in [-0.05, 0) is 102 Å². The Labute approximate surface area is 369 Å². The minimum Gasteiger partial charge on any atom is -0.309 e. The Morgan fingerprint density at radius 3 is 1.72 bits per heavy atom. The Bertz CT molecular complexity index is 3860. The Balaban J connectivity index is 1.08. The zero-order valence-corrected chi connectivity index (χ0v) is 34.6. The smallest absolute Gasteiger partial charge is 0.164 e. The first kappa shape index (κ1) is 35.2. The third-order valence-electron chi connectivity index (χ3n) is 13.8. The Kier molecular flexibility index (Phi) is 7.29. The highest BCUT2D eigenvalue weighted by atomic mass is 15.0. The lowest BCUT2D eigenvalue weighted by Gasteiger charge is -2.32. The molecule has 10 aromatic carbocycles. The molecule has 2 aromatic heterocycles. The molecular weight excluding hydrogens is 777 g/mol. The average molecular weight is 813 g/mol. The largest absolute Gasteiger partial charge is 0.309 e. The van der Waals surface area contributed by atoms with E-state index < -0.39 is 5.41 Å². The van der Waals surface area contributed by atoms with Crippen LogP contribution in [0.3, 0.4) is 0 Å². The third kappa shape index (κ3) is 4.74. The summed E-state index contributed by atoms with van der Waals surface area (Å²) in [4.78, 5) is 16.3. The predicted octanol–water partition coefficient (Wildman–Crippen LogP) is 14.6. The number of rotatable bonds is 4. The van der Waals surface area contributed by atoms with E-state index in [9.17, 15) is 0 Å². The summed E-state index contributed by atoms with van der Waals surface area (Å²) in [6.45, 7) is 0. The fourth-order valence-corrected chi connectivity index (χ4v) is 11.3. The molecule has 14 rings (SSSR count). The molecule has 0 aliphatic heterocycles. The van der Waals surface area contributed by atoms with E-state index in [4.69, 9.17) is 15.0 Å². The lowest BCUT2D eigenvalue weighted by Crippen LogP contribution is -2.27. The molecule has 0 amide bonds. The van der Waals surface area contributed by atoms with Gasteiger partial charge in [-0.1, -0.05) is 182 Å². The SMILES string of the molecule is c1ccc(-c2nc(-c3ccc4c(c3)c3ccccc3n4-c3ccccc3)nc(-c3cccc4c3C3(c5ccccc5-c5ccccc53)c3ccc5ccc6ccccc6c5c3-4)n2)cc1. The first-order valence-electron chi connectivity index (χ1n) is 21.9. The molecule has 12 aromatic rings. The van der Waals surface area contributed by atoms with Crippen LogP contribution < -0.4 is 0 Å². The molecule has 0 unspecified atom stereocenters. The van der Waals surface area contributed by atoms with Gasteiger partial charge >= 0.3 is 0 Å². The van der Waals surface area contributed by atoms with Crippen molar-refractivity contribution >= 4 is 43.4 Å². The van der Waals surface area contributed by atoms with Crippen molar-refractivity contribution in [1.82, 2.24) is 19.5 Å². The second kappa shape index (κ2) is 13.3. The summed E-state index contributed by atoms with van der Waals surface area (Å²) in [6, 6.07) is 79.0. The molecule has 1 spiro atoms. The Morgan fingerprint density at radius 1 is 0.344 bits per heavy atom. The van der Waals surface area contributed by atoms with Crippen molar-refractivity contribution in [2.75, 3.05) is 0 Å². The lowest BCUT2D eigenvalue weighted by atomic mass is 9.69. The van der Waals surface area contributed by atoms with E-state index in [-0.39, 0.29) is 0 Å². The average Bonchev–Trinajstić information content (AvgIpc) is 3.98. The van der Waals surface area contributed by atoms with Crippen LogP contribution in [0.15, 0.2) is 218 Å². The molecule has 64 heavy (non-hydrogen) atoms. The molecule has 4 heteroatoms. The molecule has 296 valence electrons. The Morgan fingerprint density at radius 2 is 0.922 bits per heavy atom. The minimum absolute atomic E-state index is 0.628. The number of nitrogens with zero attached hydrogens (tertiary/aromatic N) is 4. The highest BCUT2D eigenvalue weighted by Gasteiger charge is 2.53. The van der Waals surface area contributed by atoms with E-state index >= 15 is 0 Å². The van der Waals surface area contributed by atoms with Gasteiger partial charge in [0, 0.05) is 33.2 Å². The molecular formula is C60H36N4. The maximum Gasteiger partial charge on any atom is 0.164 e. The number of aromatic nitrogens is 4. The van der Waals surface area contributed by atoms with Gasteiger partial charge in [0.1, 0.15) is 0 Å². The normalized spacial score (nSPS) is 13.1. The highest BCUT2D eigenvalue weighted by Crippen LogP contribution is 2.65. The van der Waals surface area contributed by atoms with Crippen LogP contribution in [-0.2, 0) is 5.41 Å². The lowest BCUT2D eigenvalue weighted by molar-refractivity contribution is 0.794. The molecule has 2 aliphatic rings. The van der Waals surface area contributed by atoms with Crippen LogP contribution in [0.25, 0.3) is 105 Å². The second-order valence-corrected chi connectivity index (χ2v) is 17.0. The summed E-state index contributed by atoms with van der Waals surface area (Å²) >= 11 is 0. The van der Waals surface area contributed by atoms with E-state index in [1.807, 2.05) is 6.07 Å². The van der Waals surface area contributed by atoms with Gasteiger partial charge in [-0.3, -0.25) is 0 Å². The minimum atomic E-state index is -0.628. The molecule has 0 radical (unpaired) electrons. The number of hydrogen-bond donors (Lipinski definition) is 0. The summed E-state index contributed by atoms with van der Waals surface area (Å²) in [5, 5.41) is 7.31.